The van der Waals surface area contributed by atoms with Gasteiger partial charge in [-0.2, -0.15) is 0 Å². The highest BCUT2D eigenvalue weighted by atomic mass is 32.1. The van der Waals surface area contributed by atoms with Gasteiger partial charge in [-0.3, -0.25) is 9.59 Å². The highest BCUT2D eigenvalue weighted by molar-refractivity contribution is 7.14. The van der Waals surface area contributed by atoms with E-state index in [1.54, 1.807) is 18.2 Å². The van der Waals surface area contributed by atoms with Crippen LogP contribution in [0.3, 0.4) is 0 Å². The maximum absolute atomic E-state index is 12.1. The second-order valence-corrected chi connectivity index (χ2v) is 5.95. The average molecular weight is 302 g/mol. The third kappa shape index (κ3) is 3.70. The molecular weight excluding hydrogens is 284 g/mol. The van der Waals surface area contributed by atoms with Gasteiger partial charge in [-0.05, 0) is 42.7 Å². The van der Waals surface area contributed by atoms with Crippen LogP contribution >= 0.6 is 11.3 Å². The fraction of sp³-hybridized carbons (Fsp3) is 0.250. The highest BCUT2D eigenvalue weighted by Gasteiger charge is 2.11. The zero-order valence-corrected chi connectivity index (χ0v) is 12.9. The molecule has 2 amide bonds. The molecule has 21 heavy (non-hydrogen) atoms. The van der Waals surface area contributed by atoms with Crippen LogP contribution in [0.25, 0.3) is 0 Å². The Morgan fingerprint density at radius 3 is 2.67 bits per heavy atom. The Labute approximate surface area is 128 Å². The molecule has 0 aliphatic rings. The number of nitrogens with two attached hydrogens (primary N) is 1. The third-order valence-electron chi connectivity index (χ3n) is 3.23. The fourth-order valence-corrected chi connectivity index (χ4v) is 3.12. The zero-order valence-electron chi connectivity index (χ0n) is 12.1. The van der Waals surface area contributed by atoms with Gasteiger partial charge < -0.3 is 11.1 Å². The second-order valence-electron chi connectivity index (χ2n) is 4.82. The van der Waals surface area contributed by atoms with Crippen LogP contribution in [0.4, 0.5) is 0 Å². The van der Waals surface area contributed by atoms with Crippen molar-refractivity contribution in [1.82, 2.24) is 5.32 Å². The van der Waals surface area contributed by atoms with Gasteiger partial charge >= 0.3 is 0 Å². The van der Waals surface area contributed by atoms with Crippen molar-refractivity contribution < 1.29 is 9.59 Å². The molecule has 1 aromatic heterocycles. The first-order chi connectivity index (χ1) is 10.0. The second kappa shape index (κ2) is 6.54. The number of nitrogens with one attached hydrogen (secondary N) is 1. The maximum Gasteiger partial charge on any atom is 0.261 e. The number of primary amides is 1. The van der Waals surface area contributed by atoms with E-state index in [2.05, 4.69) is 12.2 Å². The Morgan fingerprint density at radius 1 is 1.29 bits per heavy atom. The molecule has 0 aliphatic carbocycles. The lowest BCUT2D eigenvalue weighted by atomic mass is 10.1. The number of aryl methyl sites for hydroxylation is 2. The topological polar surface area (TPSA) is 72.2 Å². The molecule has 0 fully saturated rings. The Bertz CT molecular complexity index is 677. The molecule has 0 spiro atoms. The summed E-state index contributed by atoms with van der Waals surface area (Å²) in [6.07, 6.45) is 0.935. The van der Waals surface area contributed by atoms with Gasteiger partial charge in [0.2, 0.25) is 5.91 Å². The summed E-state index contributed by atoms with van der Waals surface area (Å²) in [7, 11) is 0. The molecule has 110 valence electrons. The van der Waals surface area contributed by atoms with Crippen LogP contribution in [0.15, 0.2) is 30.3 Å². The highest BCUT2D eigenvalue weighted by Crippen LogP contribution is 2.22. The zero-order chi connectivity index (χ0) is 15.4. The van der Waals surface area contributed by atoms with E-state index < -0.39 is 5.91 Å². The molecule has 0 bridgehead atoms. The molecule has 0 saturated carbocycles. The summed E-state index contributed by atoms with van der Waals surface area (Å²) in [6, 6.07) is 8.87. The van der Waals surface area contributed by atoms with Crippen LogP contribution < -0.4 is 11.1 Å². The lowest BCUT2D eigenvalue weighted by Gasteiger charge is -2.05. The van der Waals surface area contributed by atoms with Gasteiger partial charge in [0.05, 0.1) is 4.88 Å². The van der Waals surface area contributed by atoms with Crippen LogP contribution in [-0.2, 0) is 13.0 Å². The minimum atomic E-state index is -0.468. The summed E-state index contributed by atoms with van der Waals surface area (Å²) in [6.45, 7) is 4.47. The van der Waals surface area contributed by atoms with Gasteiger partial charge in [-0.1, -0.05) is 19.1 Å². The first kappa shape index (κ1) is 15.3. The summed E-state index contributed by atoms with van der Waals surface area (Å²) in [5.41, 5.74) is 7.69. The molecule has 4 nitrogen and oxygen atoms in total. The molecule has 2 rings (SSSR count). The van der Waals surface area contributed by atoms with E-state index in [0.717, 1.165) is 22.4 Å². The summed E-state index contributed by atoms with van der Waals surface area (Å²) in [5.74, 6) is -0.558. The van der Waals surface area contributed by atoms with E-state index in [4.69, 9.17) is 5.73 Å². The number of carbonyl (C=O) groups excluding carboxylic acids is 2. The Hall–Kier alpha value is -2.14. The van der Waals surface area contributed by atoms with Gasteiger partial charge in [0, 0.05) is 17.0 Å². The minimum Gasteiger partial charge on any atom is -0.366 e. The summed E-state index contributed by atoms with van der Waals surface area (Å²) >= 11 is 1.52. The lowest BCUT2D eigenvalue weighted by Crippen LogP contribution is -2.22. The van der Waals surface area contributed by atoms with Gasteiger partial charge in [0.1, 0.15) is 0 Å². The molecule has 0 unspecified atom stereocenters. The van der Waals surface area contributed by atoms with Crippen molar-refractivity contribution in [3.63, 3.8) is 0 Å². The average Bonchev–Trinajstić information content (AvgIpc) is 2.86. The van der Waals surface area contributed by atoms with Crippen LogP contribution in [0.2, 0.25) is 0 Å². The molecule has 0 saturated heterocycles. The Kier molecular flexibility index (Phi) is 4.75. The van der Waals surface area contributed by atoms with Gasteiger partial charge in [-0.15, -0.1) is 11.3 Å². The minimum absolute atomic E-state index is 0.0905. The molecule has 0 aliphatic heterocycles. The molecule has 0 atom stereocenters. The number of thiophene rings is 1. The first-order valence-electron chi connectivity index (χ1n) is 6.77. The van der Waals surface area contributed by atoms with E-state index in [1.807, 2.05) is 19.1 Å². The van der Waals surface area contributed by atoms with Crippen molar-refractivity contribution in [3.05, 3.63) is 56.8 Å². The van der Waals surface area contributed by atoms with Crippen LogP contribution in [0.5, 0.6) is 0 Å². The number of hydrogen-bond acceptors (Lipinski definition) is 3. The fourth-order valence-electron chi connectivity index (χ4n) is 2.09. The van der Waals surface area contributed by atoms with Crippen molar-refractivity contribution in [2.24, 2.45) is 5.73 Å². The number of carbonyl (C=O) groups is 2. The summed E-state index contributed by atoms with van der Waals surface area (Å²) < 4.78 is 0. The monoisotopic (exact) mass is 302 g/mol. The summed E-state index contributed by atoms with van der Waals surface area (Å²) in [4.78, 5) is 25.2. The van der Waals surface area contributed by atoms with E-state index in [1.165, 1.54) is 16.2 Å². The molecule has 5 heteroatoms. The van der Waals surface area contributed by atoms with Crippen molar-refractivity contribution in [2.45, 2.75) is 26.8 Å². The predicted octanol–water partition coefficient (Wildman–Crippen LogP) is 2.65. The number of rotatable bonds is 5. The van der Waals surface area contributed by atoms with Crippen molar-refractivity contribution in [1.29, 1.82) is 0 Å². The standard InChI is InChI=1S/C16H18N2O2S/c1-3-13-10(2)7-14(21-13)16(20)18-9-11-5-4-6-12(8-11)15(17)19/h4-8H,3,9H2,1-2H3,(H2,17,19)(H,18,20). The molecule has 1 heterocycles. The van der Waals surface area contributed by atoms with Crippen molar-refractivity contribution in [2.75, 3.05) is 0 Å². The van der Waals surface area contributed by atoms with Crippen LogP contribution in [0.1, 0.15) is 43.0 Å². The van der Waals surface area contributed by atoms with E-state index in [9.17, 15) is 9.59 Å². The number of amides is 2. The molecular formula is C16H18N2O2S. The summed E-state index contributed by atoms with van der Waals surface area (Å²) in [5, 5.41) is 2.87. The van der Waals surface area contributed by atoms with E-state index in [0.29, 0.717) is 12.1 Å². The smallest absolute Gasteiger partial charge is 0.261 e. The molecule has 2 aromatic rings. The van der Waals surface area contributed by atoms with Gasteiger partial charge in [-0.25, -0.2) is 0 Å². The third-order valence-corrected chi connectivity index (χ3v) is 4.61. The van der Waals surface area contributed by atoms with E-state index >= 15 is 0 Å². The van der Waals surface area contributed by atoms with Crippen molar-refractivity contribution >= 4 is 23.2 Å². The maximum atomic E-state index is 12.1. The largest absolute Gasteiger partial charge is 0.366 e. The molecule has 1 aromatic carbocycles. The SMILES string of the molecule is CCc1sc(C(=O)NCc2cccc(C(N)=O)c2)cc1C. The van der Waals surface area contributed by atoms with Crippen LogP contribution in [0, 0.1) is 6.92 Å². The predicted molar refractivity (Wildman–Crippen MR) is 84.6 cm³/mol. The lowest BCUT2D eigenvalue weighted by molar-refractivity contribution is 0.0954. The van der Waals surface area contributed by atoms with E-state index in [-0.39, 0.29) is 5.91 Å². The normalized spacial score (nSPS) is 10.4. The quantitative estimate of drug-likeness (QED) is 0.891. The number of benzene rings is 1. The Balaban J connectivity index is 2.03. The van der Waals surface area contributed by atoms with Crippen LogP contribution in [-0.4, -0.2) is 11.8 Å². The van der Waals surface area contributed by atoms with Crippen molar-refractivity contribution in [3.8, 4) is 0 Å². The first-order valence-corrected chi connectivity index (χ1v) is 7.59. The van der Waals surface area contributed by atoms with Gasteiger partial charge in [0.25, 0.3) is 5.91 Å². The molecule has 0 radical (unpaired) electrons. The Morgan fingerprint density at radius 2 is 2.05 bits per heavy atom. The molecule has 3 N–H and O–H groups in total. The van der Waals surface area contributed by atoms with Gasteiger partial charge in [0.15, 0.2) is 0 Å². The number of hydrogen-bond donors (Lipinski definition) is 2.